The normalized spacial score (nSPS) is 20.1. The number of sulfonamides is 1. The molecule has 0 aromatic rings. The predicted octanol–water partition coefficient (Wildman–Crippen LogP) is 0.365. The van der Waals surface area contributed by atoms with Crippen LogP contribution >= 0.6 is 11.8 Å². The van der Waals surface area contributed by atoms with Crippen molar-refractivity contribution in [2.24, 2.45) is 0 Å². The summed E-state index contributed by atoms with van der Waals surface area (Å²) < 4.78 is 25.4. The van der Waals surface area contributed by atoms with Gasteiger partial charge < -0.3 is 5.32 Å². The van der Waals surface area contributed by atoms with Crippen LogP contribution in [0, 0.1) is 0 Å². The third kappa shape index (κ3) is 4.72. The van der Waals surface area contributed by atoms with Crippen LogP contribution < -0.4 is 5.32 Å². The Morgan fingerprint density at radius 3 is 2.87 bits per heavy atom. The van der Waals surface area contributed by atoms with Gasteiger partial charge in [0.25, 0.3) is 0 Å². The van der Waals surface area contributed by atoms with E-state index >= 15 is 0 Å². The van der Waals surface area contributed by atoms with Crippen LogP contribution in [0.5, 0.6) is 0 Å². The fourth-order valence-corrected chi connectivity index (χ4v) is 3.95. The molecule has 1 aliphatic rings. The van der Waals surface area contributed by atoms with E-state index in [4.69, 9.17) is 0 Å². The second kappa shape index (κ2) is 6.73. The first-order valence-corrected chi connectivity index (χ1v) is 8.19. The lowest BCUT2D eigenvalue weighted by Gasteiger charge is -2.19. The molecule has 0 aromatic carbocycles. The Bertz CT molecular complexity index is 259. The van der Waals surface area contributed by atoms with Crippen LogP contribution in [0.15, 0.2) is 0 Å². The molecule has 6 heteroatoms. The minimum absolute atomic E-state index is 0.228. The van der Waals surface area contributed by atoms with E-state index in [0.717, 1.165) is 24.5 Å². The zero-order valence-corrected chi connectivity index (χ0v) is 10.9. The van der Waals surface area contributed by atoms with Gasteiger partial charge in [-0.05, 0) is 18.7 Å². The molecule has 0 aromatic heterocycles. The summed E-state index contributed by atoms with van der Waals surface area (Å²) in [5, 5.41) is 3.05. The molecule has 0 bridgehead atoms. The van der Waals surface area contributed by atoms with Gasteiger partial charge in [-0.25, -0.2) is 12.7 Å². The first kappa shape index (κ1) is 13.3. The molecule has 0 unspecified atom stereocenters. The second-order valence-electron chi connectivity index (χ2n) is 3.53. The van der Waals surface area contributed by atoms with Crippen LogP contribution in [0.1, 0.15) is 13.3 Å². The number of thioether (sulfide) groups is 1. The van der Waals surface area contributed by atoms with Crippen molar-refractivity contribution in [1.29, 1.82) is 0 Å². The molecule has 0 radical (unpaired) electrons. The molecule has 1 rings (SSSR count). The van der Waals surface area contributed by atoms with Crippen LogP contribution in [0.2, 0.25) is 0 Å². The predicted molar refractivity (Wildman–Crippen MR) is 65.8 cm³/mol. The lowest BCUT2D eigenvalue weighted by Crippen LogP contribution is -2.37. The Morgan fingerprint density at radius 1 is 1.33 bits per heavy atom. The van der Waals surface area contributed by atoms with E-state index in [1.54, 1.807) is 4.31 Å². The molecule has 1 heterocycles. The average molecular weight is 252 g/mol. The summed E-state index contributed by atoms with van der Waals surface area (Å²) in [4.78, 5) is 0. The van der Waals surface area contributed by atoms with Crippen LogP contribution in [0.4, 0.5) is 0 Å². The zero-order chi connectivity index (χ0) is 11.1. The minimum atomic E-state index is -3.02. The van der Waals surface area contributed by atoms with Crippen molar-refractivity contribution >= 4 is 21.8 Å². The number of hydrogen-bond acceptors (Lipinski definition) is 4. The minimum Gasteiger partial charge on any atom is -0.316 e. The topological polar surface area (TPSA) is 49.4 Å². The second-order valence-corrected chi connectivity index (χ2v) is 6.85. The Kier molecular flexibility index (Phi) is 5.96. The Labute approximate surface area is 96.8 Å². The highest BCUT2D eigenvalue weighted by molar-refractivity contribution is 7.99. The van der Waals surface area contributed by atoms with Gasteiger partial charge in [0, 0.05) is 25.4 Å². The van der Waals surface area contributed by atoms with Crippen molar-refractivity contribution in [3.05, 3.63) is 0 Å². The van der Waals surface area contributed by atoms with Crippen molar-refractivity contribution < 1.29 is 8.42 Å². The quantitative estimate of drug-likeness (QED) is 0.718. The van der Waals surface area contributed by atoms with Gasteiger partial charge in [-0.2, -0.15) is 11.8 Å². The third-order valence-corrected chi connectivity index (χ3v) is 5.28. The Balaban J connectivity index is 2.43. The van der Waals surface area contributed by atoms with Crippen molar-refractivity contribution in [3.8, 4) is 0 Å². The van der Waals surface area contributed by atoms with E-state index in [1.165, 1.54) is 0 Å². The highest BCUT2D eigenvalue weighted by Crippen LogP contribution is 2.13. The van der Waals surface area contributed by atoms with E-state index in [1.807, 2.05) is 18.7 Å². The largest absolute Gasteiger partial charge is 0.316 e. The van der Waals surface area contributed by atoms with Gasteiger partial charge in [0.1, 0.15) is 0 Å². The monoisotopic (exact) mass is 252 g/mol. The molecule has 0 amide bonds. The molecule has 1 fully saturated rings. The van der Waals surface area contributed by atoms with Crippen molar-refractivity contribution in [3.63, 3.8) is 0 Å². The average Bonchev–Trinajstić information content (AvgIpc) is 2.46. The van der Waals surface area contributed by atoms with Gasteiger partial charge in [-0.15, -0.1) is 0 Å². The molecule has 0 atom stereocenters. The zero-order valence-electron chi connectivity index (χ0n) is 9.24. The van der Waals surface area contributed by atoms with Gasteiger partial charge >= 0.3 is 0 Å². The smallest absolute Gasteiger partial charge is 0.215 e. The maximum Gasteiger partial charge on any atom is 0.215 e. The summed E-state index contributed by atoms with van der Waals surface area (Å²) in [5.74, 6) is 2.24. The summed E-state index contributed by atoms with van der Waals surface area (Å²) in [6.07, 6.45) is 0.977. The van der Waals surface area contributed by atoms with Crippen molar-refractivity contribution in [2.45, 2.75) is 13.3 Å². The van der Waals surface area contributed by atoms with E-state index in [9.17, 15) is 8.42 Å². The number of nitrogens with one attached hydrogen (secondary N) is 1. The molecular weight excluding hydrogens is 232 g/mol. The summed E-state index contributed by atoms with van der Waals surface area (Å²) in [5.41, 5.74) is 0. The molecule has 1 N–H and O–H groups in total. The van der Waals surface area contributed by atoms with Crippen LogP contribution in [-0.4, -0.2) is 56.2 Å². The molecule has 0 aliphatic carbocycles. The summed E-state index contributed by atoms with van der Waals surface area (Å²) in [7, 11) is -3.02. The van der Waals surface area contributed by atoms with Crippen molar-refractivity contribution in [1.82, 2.24) is 9.62 Å². The molecule has 0 spiro atoms. The number of nitrogens with zero attached hydrogens (tertiary/aromatic N) is 1. The van der Waals surface area contributed by atoms with Crippen LogP contribution in [0.25, 0.3) is 0 Å². The molecule has 0 saturated carbocycles. The van der Waals surface area contributed by atoms with Crippen molar-refractivity contribution in [2.75, 3.05) is 43.4 Å². The summed E-state index contributed by atoms with van der Waals surface area (Å²) in [6, 6.07) is 0. The van der Waals surface area contributed by atoms with E-state index < -0.39 is 10.0 Å². The molecule has 90 valence electrons. The van der Waals surface area contributed by atoms with E-state index in [-0.39, 0.29) is 5.75 Å². The summed E-state index contributed by atoms with van der Waals surface area (Å²) >= 11 is 1.84. The van der Waals surface area contributed by atoms with Gasteiger partial charge in [0.15, 0.2) is 0 Å². The standard InChI is InChI=1S/C9H20N2O2S2/c1-2-10-4-9-15(12,13)11-5-3-7-14-8-6-11/h10H,2-9H2,1H3. The van der Waals surface area contributed by atoms with Crippen LogP contribution in [-0.2, 0) is 10.0 Å². The SMILES string of the molecule is CCNCCS(=O)(=O)N1CCCSCC1. The third-order valence-electron chi connectivity index (χ3n) is 2.36. The molecule has 1 saturated heterocycles. The van der Waals surface area contributed by atoms with Gasteiger partial charge in [0.2, 0.25) is 10.0 Å². The van der Waals surface area contributed by atoms with Gasteiger partial charge in [-0.1, -0.05) is 6.92 Å². The van der Waals surface area contributed by atoms with Gasteiger partial charge in [0.05, 0.1) is 5.75 Å². The summed E-state index contributed by atoms with van der Waals surface area (Å²) in [6.45, 7) is 4.74. The molecule has 4 nitrogen and oxygen atoms in total. The van der Waals surface area contributed by atoms with E-state index in [2.05, 4.69) is 5.32 Å². The Hall–Kier alpha value is 0.220. The maximum absolute atomic E-state index is 11.9. The molecular formula is C9H20N2O2S2. The fraction of sp³-hybridized carbons (Fsp3) is 1.00. The first-order valence-electron chi connectivity index (χ1n) is 5.43. The Morgan fingerprint density at radius 2 is 2.13 bits per heavy atom. The molecule has 1 aliphatic heterocycles. The highest BCUT2D eigenvalue weighted by atomic mass is 32.2. The van der Waals surface area contributed by atoms with Gasteiger partial charge in [-0.3, -0.25) is 0 Å². The number of rotatable bonds is 5. The van der Waals surface area contributed by atoms with Crippen LogP contribution in [0.3, 0.4) is 0 Å². The maximum atomic E-state index is 11.9. The number of hydrogen-bond donors (Lipinski definition) is 1. The lowest BCUT2D eigenvalue weighted by molar-refractivity contribution is 0.434. The lowest BCUT2D eigenvalue weighted by atomic mass is 10.5. The van der Waals surface area contributed by atoms with E-state index in [0.29, 0.717) is 19.6 Å². The molecule has 15 heavy (non-hydrogen) atoms. The first-order chi connectivity index (χ1) is 7.17. The fourth-order valence-electron chi connectivity index (χ4n) is 1.51. The highest BCUT2D eigenvalue weighted by Gasteiger charge is 2.22.